The standard InChI is InChI=1S/C10H14N4O2S/c11-10(15)8-1-2-9(14-13-8)12-7-3-5-17(16)6-4-7/h1-2,7H,3-6H2,(H2,11,15)(H,12,14). The molecule has 1 aliphatic heterocycles. The summed E-state index contributed by atoms with van der Waals surface area (Å²) < 4.78 is 11.2. The molecule has 0 saturated carbocycles. The Labute approximate surface area is 101 Å². The highest BCUT2D eigenvalue weighted by molar-refractivity contribution is 7.85. The van der Waals surface area contributed by atoms with Crippen LogP contribution in [-0.4, -0.2) is 37.9 Å². The highest BCUT2D eigenvalue weighted by Crippen LogP contribution is 2.14. The van der Waals surface area contributed by atoms with Crippen LogP contribution < -0.4 is 11.1 Å². The maximum absolute atomic E-state index is 11.2. The van der Waals surface area contributed by atoms with Crippen LogP contribution in [0.3, 0.4) is 0 Å². The number of nitrogens with zero attached hydrogens (tertiary/aromatic N) is 2. The fourth-order valence-corrected chi connectivity index (χ4v) is 2.99. The van der Waals surface area contributed by atoms with Gasteiger partial charge in [0.2, 0.25) is 0 Å². The van der Waals surface area contributed by atoms with Gasteiger partial charge in [-0.25, -0.2) is 0 Å². The molecule has 0 spiro atoms. The van der Waals surface area contributed by atoms with Gasteiger partial charge in [0.1, 0.15) is 5.82 Å². The Morgan fingerprint density at radius 3 is 2.59 bits per heavy atom. The molecule has 0 aliphatic carbocycles. The van der Waals surface area contributed by atoms with E-state index < -0.39 is 16.7 Å². The van der Waals surface area contributed by atoms with E-state index in [4.69, 9.17) is 5.73 Å². The summed E-state index contributed by atoms with van der Waals surface area (Å²) in [5.74, 6) is 1.49. The molecule has 1 amide bonds. The molecule has 0 bridgehead atoms. The van der Waals surface area contributed by atoms with Gasteiger partial charge in [-0.05, 0) is 25.0 Å². The molecule has 0 atom stereocenters. The predicted molar refractivity (Wildman–Crippen MR) is 65.1 cm³/mol. The molecule has 1 aromatic heterocycles. The van der Waals surface area contributed by atoms with Crippen molar-refractivity contribution < 1.29 is 9.00 Å². The van der Waals surface area contributed by atoms with Gasteiger partial charge >= 0.3 is 0 Å². The van der Waals surface area contributed by atoms with Crippen molar-refractivity contribution in [3.8, 4) is 0 Å². The number of hydrogen-bond donors (Lipinski definition) is 2. The van der Waals surface area contributed by atoms with Gasteiger partial charge in [0, 0.05) is 28.3 Å². The number of anilines is 1. The van der Waals surface area contributed by atoms with E-state index in [0.717, 1.165) is 24.3 Å². The third-order valence-electron chi connectivity index (χ3n) is 2.66. The largest absolute Gasteiger partial charge is 0.366 e. The first-order valence-electron chi connectivity index (χ1n) is 5.40. The van der Waals surface area contributed by atoms with E-state index in [1.54, 1.807) is 12.1 Å². The normalized spacial score (nSPS) is 24.2. The smallest absolute Gasteiger partial charge is 0.269 e. The lowest BCUT2D eigenvalue weighted by atomic mass is 10.1. The second kappa shape index (κ2) is 5.22. The molecule has 0 aromatic carbocycles. The van der Waals surface area contributed by atoms with Crippen LogP contribution in [0.1, 0.15) is 23.3 Å². The molecule has 1 saturated heterocycles. The fraction of sp³-hybridized carbons (Fsp3) is 0.500. The van der Waals surface area contributed by atoms with Gasteiger partial charge in [-0.3, -0.25) is 9.00 Å². The van der Waals surface area contributed by atoms with E-state index in [2.05, 4.69) is 15.5 Å². The van der Waals surface area contributed by atoms with E-state index in [-0.39, 0.29) is 11.7 Å². The molecule has 92 valence electrons. The number of aromatic nitrogens is 2. The molecule has 1 aromatic rings. The first-order chi connectivity index (χ1) is 8.15. The molecular weight excluding hydrogens is 240 g/mol. The summed E-state index contributed by atoms with van der Waals surface area (Å²) >= 11 is 0. The van der Waals surface area contributed by atoms with Crippen molar-refractivity contribution in [2.45, 2.75) is 18.9 Å². The second-order valence-corrected chi connectivity index (χ2v) is 5.63. The van der Waals surface area contributed by atoms with Crippen LogP contribution in [0.5, 0.6) is 0 Å². The van der Waals surface area contributed by atoms with Crippen molar-refractivity contribution in [1.29, 1.82) is 0 Å². The van der Waals surface area contributed by atoms with E-state index in [0.29, 0.717) is 5.82 Å². The van der Waals surface area contributed by atoms with Crippen molar-refractivity contribution in [3.63, 3.8) is 0 Å². The van der Waals surface area contributed by atoms with Crippen LogP contribution >= 0.6 is 0 Å². The lowest BCUT2D eigenvalue weighted by Gasteiger charge is -2.22. The Bertz CT molecular complexity index is 424. The minimum absolute atomic E-state index is 0.153. The number of hydrogen-bond acceptors (Lipinski definition) is 5. The van der Waals surface area contributed by atoms with Crippen LogP contribution in [0, 0.1) is 0 Å². The lowest BCUT2D eigenvalue weighted by molar-refractivity contribution is 0.0994. The number of rotatable bonds is 3. The summed E-state index contributed by atoms with van der Waals surface area (Å²) in [4.78, 5) is 10.8. The van der Waals surface area contributed by atoms with Crippen LogP contribution in [-0.2, 0) is 10.8 Å². The molecular formula is C10H14N4O2S. The van der Waals surface area contributed by atoms with Gasteiger partial charge in [0.25, 0.3) is 5.91 Å². The number of primary amides is 1. The number of amides is 1. The molecule has 3 N–H and O–H groups in total. The Morgan fingerprint density at radius 2 is 2.06 bits per heavy atom. The van der Waals surface area contributed by atoms with Gasteiger partial charge in [-0.2, -0.15) is 0 Å². The third-order valence-corrected chi connectivity index (χ3v) is 4.04. The van der Waals surface area contributed by atoms with Gasteiger partial charge < -0.3 is 11.1 Å². The van der Waals surface area contributed by atoms with Crippen molar-refractivity contribution in [2.75, 3.05) is 16.8 Å². The molecule has 1 fully saturated rings. The zero-order valence-corrected chi connectivity index (χ0v) is 10.1. The lowest BCUT2D eigenvalue weighted by Crippen LogP contribution is -2.29. The fourth-order valence-electron chi connectivity index (χ4n) is 1.69. The highest BCUT2D eigenvalue weighted by atomic mass is 32.2. The van der Waals surface area contributed by atoms with Crippen molar-refractivity contribution in [1.82, 2.24) is 10.2 Å². The summed E-state index contributed by atoms with van der Waals surface area (Å²) in [6.07, 6.45) is 1.73. The number of nitrogens with two attached hydrogens (primary N) is 1. The summed E-state index contributed by atoms with van der Waals surface area (Å²) in [7, 11) is -0.666. The molecule has 0 radical (unpaired) electrons. The third kappa shape index (κ3) is 3.23. The Balaban J connectivity index is 1.95. The average Bonchev–Trinajstić information content (AvgIpc) is 2.33. The maximum atomic E-state index is 11.2. The van der Waals surface area contributed by atoms with Crippen molar-refractivity contribution in [2.24, 2.45) is 5.73 Å². The SMILES string of the molecule is NC(=O)c1ccc(NC2CCS(=O)CC2)nn1. The van der Waals surface area contributed by atoms with Crippen LogP contribution in [0.25, 0.3) is 0 Å². The topological polar surface area (TPSA) is 98.0 Å². The zero-order chi connectivity index (χ0) is 12.3. The Hall–Kier alpha value is -1.50. The molecule has 0 unspecified atom stereocenters. The summed E-state index contributed by atoms with van der Waals surface area (Å²) in [6, 6.07) is 3.50. The molecule has 17 heavy (non-hydrogen) atoms. The molecule has 1 aliphatic rings. The monoisotopic (exact) mass is 254 g/mol. The number of carbonyl (C=O) groups excluding carboxylic acids is 1. The van der Waals surface area contributed by atoms with Gasteiger partial charge in [0.05, 0.1) is 0 Å². The Kier molecular flexibility index (Phi) is 3.68. The molecule has 7 heteroatoms. The zero-order valence-electron chi connectivity index (χ0n) is 9.26. The average molecular weight is 254 g/mol. The Morgan fingerprint density at radius 1 is 1.35 bits per heavy atom. The molecule has 6 nitrogen and oxygen atoms in total. The summed E-state index contributed by atoms with van der Waals surface area (Å²) in [6.45, 7) is 0. The van der Waals surface area contributed by atoms with Crippen molar-refractivity contribution >= 4 is 22.5 Å². The number of carbonyl (C=O) groups is 1. The van der Waals surface area contributed by atoms with Crippen LogP contribution in [0.2, 0.25) is 0 Å². The van der Waals surface area contributed by atoms with Gasteiger partial charge in [-0.15, -0.1) is 10.2 Å². The summed E-state index contributed by atoms with van der Waals surface area (Å²) in [5, 5.41) is 10.8. The first-order valence-corrected chi connectivity index (χ1v) is 6.89. The van der Waals surface area contributed by atoms with Gasteiger partial charge in [-0.1, -0.05) is 0 Å². The first kappa shape index (κ1) is 12.0. The predicted octanol–water partition coefficient (Wildman–Crippen LogP) is -0.102. The van der Waals surface area contributed by atoms with E-state index in [1.807, 2.05) is 0 Å². The van der Waals surface area contributed by atoms with Crippen molar-refractivity contribution in [3.05, 3.63) is 17.8 Å². The molecule has 2 rings (SSSR count). The van der Waals surface area contributed by atoms with E-state index in [9.17, 15) is 9.00 Å². The maximum Gasteiger partial charge on any atom is 0.269 e. The van der Waals surface area contributed by atoms with Crippen LogP contribution in [0.15, 0.2) is 12.1 Å². The molecule has 2 heterocycles. The summed E-state index contributed by atoms with van der Waals surface area (Å²) in [5.41, 5.74) is 5.22. The number of nitrogens with one attached hydrogen (secondary N) is 1. The van der Waals surface area contributed by atoms with Gasteiger partial charge in [0.15, 0.2) is 5.69 Å². The van der Waals surface area contributed by atoms with E-state index >= 15 is 0 Å². The van der Waals surface area contributed by atoms with Crippen LogP contribution in [0.4, 0.5) is 5.82 Å². The minimum atomic E-state index is -0.666. The highest BCUT2D eigenvalue weighted by Gasteiger charge is 2.18. The quantitative estimate of drug-likeness (QED) is 0.784. The van der Waals surface area contributed by atoms with E-state index in [1.165, 1.54) is 0 Å². The minimum Gasteiger partial charge on any atom is -0.366 e. The second-order valence-electron chi connectivity index (χ2n) is 3.93.